The number of carbonyl (C=O) groups excluding carboxylic acids is 1. The van der Waals surface area contributed by atoms with Crippen LogP contribution >= 0.6 is 0 Å². The molecule has 1 heterocycles. The number of benzene rings is 3. The molecule has 5 nitrogen and oxygen atoms in total. The van der Waals surface area contributed by atoms with Crippen LogP contribution in [0.4, 0.5) is 4.39 Å². The Bertz CT molecular complexity index is 1220. The van der Waals surface area contributed by atoms with Crippen LogP contribution in [-0.4, -0.2) is 29.0 Å². The number of amides is 1. The van der Waals surface area contributed by atoms with Gasteiger partial charge in [-0.1, -0.05) is 30.3 Å². The molecule has 0 bridgehead atoms. The highest BCUT2D eigenvalue weighted by molar-refractivity contribution is 6.04. The molecule has 0 radical (unpaired) electrons. The summed E-state index contributed by atoms with van der Waals surface area (Å²) >= 11 is 0. The van der Waals surface area contributed by atoms with Crippen LogP contribution in [-0.2, 0) is 0 Å². The number of ether oxygens (including phenoxy) is 1. The number of halogens is 1. The average molecular weight is 389 g/mol. The van der Waals surface area contributed by atoms with Gasteiger partial charge in [-0.15, -0.1) is 0 Å². The van der Waals surface area contributed by atoms with E-state index < -0.39 is 11.7 Å². The Kier molecular flexibility index (Phi) is 5.08. The Morgan fingerprint density at radius 1 is 1.00 bits per heavy atom. The van der Waals surface area contributed by atoms with Crippen LogP contribution in [0.1, 0.15) is 21.7 Å². The molecule has 1 amide bonds. The van der Waals surface area contributed by atoms with Gasteiger partial charge < -0.3 is 10.1 Å². The highest BCUT2D eigenvalue weighted by Crippen LogP contribution is 2.21. The number of hydrogen-bond donors (Lipinski definition) is 1. The fraction of sp³-hybridized carbons (Fsp3) is 0.174. The first-order valence-corrected chi connectivity index (χ1v) is 9.35. The van der Waals surface area contributed by atoms with Crippen molar-refractivity contribution in [2.24, 2.45) is 0 Å². The van der Waals surface area contributed by atoms with E-state index in [4.69, 9.17) is 4.74 Å². The predicted molar refractivity (Wildman–Crippen MR) is 111 cm³/mol. The van der Waals surface area contributed by atoms with Gasteiger partial charge in [-0.25, -0.2) is 14.4 Å². The van der Waals surface area contributed by atoms with Gasteiger partial charge in [0.25, 0.3) is 5.91 Å². The van der Waals surface area contributed by atoms with E-state index in [0.29, 0.717) is 29.0 Å². The Labute approximate surface area is 167 Å². The number of hydrogen-bond acceptors (Lipinski definition) is 4. The van der Waals surface area contributed by atoms with Crippen molar-refractivity contribution in [2.75, 3.05) is 13.2 Å². The maximum Gasteiger partial charge on any atom is 0.253 e. The number of nitrogens with zero attached hydrogens (tertiary/aromatic N) is 2. The second kappa shape index (κ2) is 7.83. The van der Waals surface area contributed by atoms with E-state index in [1.807, 2.05) is 49.4 Å². The van der Waals surface area contributed by atoms with Crippen molar-refractivity contribution in [3.8, 4) is 5.75 Å². The van der Waals surface area contributed by atoms with E-state index in [1.165, 1.54) is 12.1 Å². The van der Waals surface area contributed by atoms with Gasteiger partial charge in [0, 0.05) is 6.07 Å². The molecule has 0 aliphatic carbocycles. The molecule has 1 aromatic heterocycles. The molecule has 0 aliphatic heterocycles. The van der Waals surface area contributed by atoms with Gasteiger partial charge >= 0.3 is 0 Å². The minimum absolute atomic E-state index is 0.168. The number of fused-ring (bicyclic) bond motifs is 2. The maximum absolute atomic E-state index is 14.0. The molecule has 0 saturated carbocycles. The molecule has 0 aliphatic rings. The molecular formula is C23H20FN3O2. The second-order valence-corrected chi connectivity index (χ2v) is 6.83. The van der Waals surface area contributed by atoms with Gasteiger partial charge in [0.2, 0.25) is 0 Å². The Morgan fingerprint density at radius 3 is 2.59 bits per heavy atom. The van der Waals surface area contributed by atoms with E-state index in [2.05, 4.69) is 15.3 Å². The molecular weight excluding hydrogens is 369 g/mol. The van der Waals surface area contributed by atoms with Crippen LogP contribution in [0.15, 0.2) is 54.6 Å². The number of aryl methyl sites for hydroxylation is 2. The van der Waals surface area contributed by atoms with Crippen molar-refractivity contribution in [2.45, 2.75) is 13.8 Å². The minimum Gasteiger partial charge on any atom is -0.492 e. The van der Waals surface area contributed by atoms with Gasteiger partial charge in [-0.3, -0.25) is 4.79 Å². The lowest BCUT2D eigenvalue weighted by Gasteiger charge is -2.11. The topological polar surface area (TPSA) is 64.1 Å². The summed E-state index contributed by atoms with van der Waals surface area (Å²) in [4.78, 5) is 21.3. The van der Waals surface area contributed by atoms with Crippen LogP contribution in [0, 0.1) is 19.7 Å². The lowest BCUT2D eigenvalue weighted by Crippen LogP contribution is -2.28. The van der Waals surface area contributed by atoms with Crippen molar-refractivity contribution >= 4 is 27.7 Å². The largest absolute Gasteiger partial charge is 0.492 e. The molecule has 4 aromatic rings. The molecule has 0 saturated heterocycles. The summed E-state index contributed by atoms with van der Waals surface area (Å²) in [6.45, 7) is 4.18. The summed E-state index contributed by atoms with van der Waals surface area (Å²) in [5.74, 6) is -0.201. The van der Waals surface area contributed by atoms with E-state index in [-0.39, 0.29) is 12.1 Å². The number of rotatable bonds is 5. The lowest BCUT2D eigenvalue weighted by molar-refractivity contribution is 0.0948. The van der Waals surface area contributed by atoms with E-state index in [0.717, 1.165) is 16.5 Å². The third-order valence-corrected chi connectivity index (χ3v) is 4.77. The normalized spacial score (nSPS) is 11.0. The Morgan fingerprint density at radius 2 is 1.76 bits per heavy atom. The summed E-state index contributed by atoms with van der Waals surface area (Å²) in [5.41, 5.74) is 2.34. The molecule has 4 rings (SSSR count). The zero-order valence-corrected chi connectivity index (χ0v) is 16.2. The van der Waals surface area contributed by atoms with E-state index in [9.17, 15) is 9.18 Å². The zero-order chi connectivity index (χ0) is 20.4. The molecule has 146 valence electrons. The third-order valence-electron chi connectivity index (χ3n) is 4.77. The molecule has 1 N–H and O–H groups in total. The van der Waals surface area contributed by atoms with E-state index >= 15 is 0 Å². The first-order valence-electron chi connectivity index (χ1n) is 9.35. The van der Waals surface area contributed by atoms with Crippen molar-refractivity contribution in [3.05, 3.63) is 77.4 Å². The molecule has 6 heteroatoms. The SMILES string of the molecule is Cc1nc2cc(F)cc(C(=O)NCCOc3ccc4ccccc4c3)c2nc1C. The molecule has 0 unspecified atom stereocenters. The standard InChI is InChI=1S/C23H20FN3O2/c1-14-15(2)27-22-20(12-18(24)13-21(22)26-14)23(28)25-9-10-29-19-8-7-16-5-3-4-6-17(16)11-19/h3-8,11-13H,9-10H2,1-2H3,(H,25,28). The highest BCUT2D eigenvalue weighted by atomic mass is 19.1. The highest BCUT2D eigenvalue weighted by Gasteiger charge is 2.15. The van der Waals surface area contributed by atoms with Crippen LogP contribution in [0.5, 0.6) is 5.75 Å². The maximum atomic E-state index is 14.0. The van der Waals surface area contributed by atoms with Gasteiger partial charge in [0.05, 0.1) is 29.0 Å². The number of carbonyl (C=O) groups is 1. The van der Waals surface area contributed by atoms with Gasteiger partial charge in [0.15, 0.2) is 0 Å². The van der Waals surface area contributed by atoms with Crippen LogP contribution in [0.25, 0.3) is 21.8 Å². The monoisotopic (exact) mass is 389 g/mol. The average Bonchev–Trinajstić information content (AvgIpc) is 2.71. The first kappa shape index (κ1) is 18.8. The summed E-state index contributed by atoms with van der Waals surface area (Å²) in [7, 11) is 0. The number of aromatic nitrogens is 2. The summed E-state index contributed by atoms with van der Waals surface area (Å²) in [6, 6.07) is 16.3. The smallest absolute Gasteiger partial charge is 0.253 e. The fourth-order valence-electron chi connectivity index (χ4n) is 3.16. The van der Waals surface area contributed by atoms with Crippen molar-refractivity contribution in [1.29, 1.82) is 0 Å². The van der Waals surface area contributed by atoms with Gasteiger partial charge in [-0.05, 0) is 42.8 Å². The van der Waals surface area contributed by atoms with E-state index in [1.54, 1.807) is 6.92 Å². The quantitative estimate of drug-likeness (QED) is 0.516. The molecule has 0 fully saturated rings. The summed E-state index contributed by atoms with van der Waals surface area (Å²) in [6.07, 6.45) is 0. The van der Waals surface area contributed by atoms with Gasteiger partial charge in [-0.2, -0.15) is 0 Å². The van der Waals surface area contributed by atoms with Crippen molar-refractivity contribution in [3.63, 3.8) is 0 Å². The molecule has 29 heavy (non-hydrogen) atoms. The van der Waals surface area contributed by atoms with Crippen LogP contribution < -0.4 is 10.1 Å². The molecule has 0 spiro atoms. The fourth-order valence-corrected chi connectivity index (χ4v) is 3.16. The number of nitrogens with one attached hydrogen (secondary N) is 1. The first-order chi connectivity index (χ1) is 14.0. The minimum atomic E-state index is -0.521. The second-order valence-electron chi connectivity index (χ2n) is 6.83. The van der Waals surface area contributed by atoms with Gasteiger partial charge in [0.1, 0.15) is 23.7 Å². The molecule has 0 atom stereocenters. The van der Waals surface area contributed by atoms with Crippen LogP contribution in [0.2, 0.25) is 0 Å². The Hall–Kier alpha value is -3.54. The zero-order valence-electron chi connectivity index (χ0n) is 16.2. The van der Waals surface area contributed by atoms with Crippen molar-refractivity contribution < 1.29 is 13.9 Å². The third kappa shape index (κ3) is 4.01. The molecule has 3 aromatic carbocycles. The summed E-state index contributed by atoms with van der Waals surface area (Å²) < 4.78 is 19.7. The summed E-state index contributed by atoms with van der Waals surface area (Å²) in [5, 5.41) is 4.99. The lowest BCUT2D eigenvalue weighted by atomic mass is 10.1. The van der Waals surface area contributed by atoms with Crippen molar-refractivity contribution in [1.82, 2.24) is 15.3 Å². The predicted octanol–water partition coefficient (Wildman–Crippen LogP) is 4.35. The Balaban J connectivity index is 1.43. The van der Waals surface area contributed by atoms with Crippen LogP contribution in [0.3, 0.4) is 0 Å².